The van der Waals surface area contributed by atoms with E-state index in [4.69, 9.17) is 4.74 Å². The van der Waals surface area contributed by atoms with E-state index in [0.29, 0.717) is 36.4 Å². The smallest absolute Gasteiger partial charge is 0.268 e. The Labute approximate surface area is 140 Å². The lowest BCUT2D eigenvalue weighted by Gasteiger charge is -2.21. The molecule has 0 aromatic heterocycles. The molecule has 1 atom stereocenters. The van der Waals surface area contributed by atoms with Gasteiger partial charge in [0.2, 0.25) is 0 Å². The number of nitrogens with zero attached hydrogens (tertiary/aromatic N) is 1. The number of carbonyl (C=O) groups excluding carboxylic acids is 1. The van der Waals surface area contributed by atoms with Crippen LogP contribution in [-0.2, 0) is 10.0 Å². The van der Waals surface area contributed by atoms with Gasteiger partial charge < -0.3 is 4.74 Å². The van der Waals surface area contributed by atoms with E-state index in [2.05, 4.69) is 0 Å². The highest BCUT2D eigenvalue weighted by molar-refractivity contribution is 7.93. The zero-order valence-corrected chi connectivity index (χ0v) is 14.0. The Morgan fingerprint density at radius 1 is 1.12 bits per heavy atom. The first-order valence-corrected chi connectivity index (χ1v) is 9.30. The van der Waals surface area contributed by atoms with Crippen molar-refractivity contribution >= 4 is 21.5 Å². The molecular weight excluding hydrogens is 326 g/mol. The summed E-state index contributed by atoms with van der Waals surface area (Å²) in [6, 6.07) is 11.9. The van der Waals surface area contributed by atoms with Crippen LogP contribution >= 0.6 is 0 Å². The Kier molecular flexibility index (Phi) is 3.38. The van der Waals surface area contributed by atoms with Gasteiger partial charge in [-0.15, -0.1) is 0 Å². The predicted molar refractivity (Wildman–Crippen MR) is 90.3 cm³/mol. The summed E-state index contributed by atoms with van der Waals surface area (Å²) in [5.74, 6) is 0.502. The number of ketones is 1. The minimum absolute atomic E-state index is 0.0818. The van der Waals surface area contributed by atoms with Gasteiger partial charge in [-0.2, -0.15) is 0 Å². The van der Waals surface area contributed by atoms with Crippen LogP contribution in [0.15, 0.2) is 47.4 Å². The molecule has 1 aliphatic carbocycles. The summed E-state index contributed by atoms with van der Waals surface area (Å²) in [5.41, 5.74) is 2.17. The van der Waals surface area contributed by atoms with E-state index in [1.165, 1.54) is 11.4 Å². The molecule has 4 rings (SSSR count). The molecule has 0 bridgehead atoms. The maximum Gasteiger partial charge on any atom is 0.268 e. The van der Waals surface area contributed by atoms with E-state index < -0.39 is 10.0 Å². The average molecular weight is 343 g/mol. The highest BCUT2D eigenvalue weighted by Gasteiger charge is 2.41. The average Bonchev–Trinajstić information content (AvgIpc) is 2.99. The zero-order chi connectivity index (χ0) is 16.9. The number of carbonyl (C=O) groups is 1. The van der Waals surface area contributed by atoms with E-state index in [1.807, 2.05) is 0 Å². The lowest BCUT2D eigenvalue weighted by atomic mass is 9.83. The number of benzene rings is 2. The van der Waals surface area contributed by atoms with Crippen molar-refractivity contribution in [1.29, 1.82) is 0 Å². The van der Waals surface area contributed by atoms with Gasteiger partial charge in [0.25, 0.3) is 10.0 Å². The third-order valence-corrected chi connectivity index (χ3v) is 6.62. The van der Waals surface area contributed by atoms with Crippen molar-refractivity contribution < 1.29 is 17.9 Å². The van der Waals surface area contributed by atoms with Crippen molar-refractivity contribution in [2.75, 3.05) is 18.0 Å². The van der Waals surface area contributed by atoms with Crippen LogP contribution in [0.2, 0.25) is 0 Å². The molecule has 0 fully saturated rings. The van der Waals surface area contributed by atoms with E-state index in [9.17, 15) is 13.2 Å². The summed E-state index contributed by atoms with van der Waals surface area (Å²) < 4.78 is 33.1. The standard InChI is InChI=1S/C18H17NO4S/c1-23-16-7-2-3-8-17(16)24(21,22)19-11-12-9-10-15(20)13-5-4-6-14(19)18(12)13/h2-8,12H,9-11H2,1H3/t12-/m1/s1. The van der Waals surface area contributed by atoms with Crippen LogP contribution in [0.1, 0.15) is 34.7 Å². The van der Waals surface area contributed by atoms with Gasteiger partial charge in [0.15, 0.2) is 5.78 Å². The molecule has 1 aliphatic heterocycles. The molecule has 0 saturated heterocycles. The zero-order valence-electron chi connectivity index (χ0n) is 13.2. The number of para-hydroxylation sites is 1. The molecule has 1 heterocycles. The molecule has 0 radical (unpaired) electrons. The fourth-order valence-electron chi connectivity index (χ4n) is 3.69. The van der Waals surface area contributed by atoms with Gasteiger partial charge in [-0.1, -0.05) is 24.3 Å². The monoisotopic (exact) mass is 343 g/mol. The molecule has 5 nitrogen and oxygen atoms in total. The molecule has 24 heavy (non-hydrogen) atoms. The predicted octanol–water partition coefficient (Wildman–Crippen LogP) is 2.96. The van der Waals surface area contributed by atoms with E-state index in [0.717, 1.165) is 5.56 Å². The first kappa shape index (κ1) is 15.2. The minimum Gasteiger partial charge on any atom is -0.495 e. The van der Waals surface area contributed by atoms with Crippen LogP contribution in [0.5, 0.6) is 5.75 Å². The Morgan fingerprint density at radius 2 is 1.92 bits per heavy atom. The molecule has 0 unspecified atom stereocenters. The lowest BCUT2D eigenvalue weighted by molar-refractivity contribution is 0.0968. The van der Waals surface area contributed by atoms with Crippen LogP contribution in [-0.4, -0.2) is 27.9 Å². The van der Waals surface area contributed by atoms with Crippen molar-refractivity contribution in [2.45, 2.75) is 23.7 Å². The number of sulfonamides is 1. The number of hydrogen-bond acceptors (Lipinski definition) is 4. The molecule has 0 saturated carbocycles. The Balaban J connectivity index is 1.87. The van der Waals surface area contributed by atoms with Crippen LogP contribution in [0, 0.1) is 0 Å². The summed E-state index contributed by atoms with van der Waals surface area (Å²) in [6.45, 7) is 0.375. The topological polar surface area (TPSA) is 63.7 Å². The number of rotatable bonds is 3. The number of Topliss-reactive ketones (excluding diaryl/α,β-unsaturated/α-hetero) is 1. The third-order valence-electron chi connectivity index (χ3n) is 4.80. The van der Waals surface area contributed by atoms with Gasteiger partial charge in [-0.25, -0.2) is 8.42 Å². The normalized spacial score (nSPS) is 19.3. The molecule has 2 aromatic carbocycles. The second-order valence-corrected chi connectivity index (χ2v) is 7.91. The first-order valence-electron chi connectivity index (χ1n) is 7.86. The van der Waals surface area contributed by atoms with Crippen molar-refractivity contribution in [1.82, 2.24) is 0 Å². The highest BCUT2D eigenvalue weighted by atomic mass is 32.2. The molecule has 2 aliphatic rings. The Bertz CT molecular complexity index is 936. The Morgan fingerprint density at radius 3 is 2.71 bits per heavy atom. The molecule has 0 amide bonds. The number of ether oxygens (including phenoxy) is 1. The largest absolute Gasteiger partial charge is 0.495 e. The quantitative estimate of drug-likeness (QED) is 0.859. The number of anilines is 1. The number of methoxy groups -OCH3 is 1. The van der Waals surface area contributed by atoms with Crippen LogP contribution < -0.4 is 9.04 Å². The second-order valence-electron chi connectivity index (χ2n) is 6.08. The van der Waals surface area contributed by atoms with Crippen molar-refractivity contribution in [2.24, 2.45) is 0 Å². The minimum atomic E-state index is -3.75. The molecule has 0 spiro atoms. The third kappa shape index (κ3) is 2.06. The highest BCUT2D eigenvalue weighted by Crippen LogP contribution is 2.46. The maximum atomic E-state index is 13.2. The van der Waals surface area contributed by atoms with Crippen LogP contribution in [0.3, 0.4) is 0 Å². The van der Waals surface area contributed by atoms with Gasteiger partial charge >= 0.3 is 0 Å². The van der Waals surface area contributed by atoms with E-state index in [1.54, 1.807) is 42.5 Å². The fraction of sp³-hybridized carbons (Fsp3) is 0.278. The van der Waals surface area contributed by atoms with Crippen LogP contribution in [0.4, 0.5) is 5.69 Å². The van der Waals surface area contributed by atoms with Crippen LogP contribution in [0.25, 0.3) is 0 Å². The summed E-state index contributed by atoms with van der Waals surface area (Å²) in [6.07, 6.45) is 1.17. The van der Waals surface area contributed by atoms with Gasteiger partial charge in [0.05, 0.1) is 12.8 Å². The maximum absolute atomic E-state index is 13.2. The van der Waals surface area contributed by atoms with Gasteiger partial charge in [0.1, 0.15) is 10.6 Å². The van der Waals surface area contributed by atoms with E-state index >= 15 is 0 Å². The van der Waals surface area contributed by atoms with Crippen molar-refractivity contribution in [3.05, 3.63) is 53.6 Å². The lowest BCUT2D eigenvalue weighted by Crippen LogP contribution is -2.30. The van der Waals surface area contributed by atoms with E-state index in [-0.39, 0.29) is 16.6 Å². The summed E-state index contributed by atoms with van der Waals surface area (Å²) in [7, 11) is -2.29. The van der Waals surface area contributed by atoms with Crippen molar-refractivity contribution in [3.8, 4) is 5.75 Å². The molecule has 0 N–H and O–H groups in total. The fourth-order valence-corrected chi connectivity index (χ4v) is 5.37. The molecule has 2 aromatic rings. The summed E-state index contributed by atoms with van der Waals surface area (Å²) in [4.78, 5) is 12.3. The summed E-state index contributed by atoms with van der Waals surface area (Å²) in [5, 5.41) is 0. The molecule has 6 heteroatoms. The van der Waals surface area contributed by atoms with Gasteiger partial charge in [-0.3, -0.25) is 9.10 Å². The summed E-state index contributed by atoms with van der Waals surface area (Å²) >= 11 is 0. The first-order chi connectivity index (χ1) is 11.5. The molecular formula is C18H17NO4S. The Hall–Kier alpha value is -2.34. The SMILES string of the molecule is COc1ccccc1S(=O)(=O)N1C[C@H]2CCC(=O)c3cccc1c32. The van der Waals surface area contributed by atoms with Gasteiger partial charge in [-0.05, 0) is 30.2 Å². The van der Waals surface area contributed by atoms with Gasteiger partial charge in [0, 0.05) is 24.4 Å². The number of hydrogen-bond donors (Lipinski definition) is 0. The van der Waals surface area contributed by atoms with Crippen molar-refractivity contribution in [3.63, 3.8) is 0 Å². The molecule has 124 valence electrons. The second kappa shape index (κ2) is 5.34.